The molecule has 0 unspecified atom stereocenters. The van der Waals surface area contributed by atoms with Gasteiger partial charge in [-0.05, 0) is 73.7 Å². The Morgan fingerprint density at radius 2 is 1.94 bits per heavy atom. The van der Waals surface area contributed by atoms with Crippen molar-refractivity contribution in [2.75, 3.05) is 6.54 Å². The zero-order valence-corrected chi connectivity index (χ0v) is 18.3. The van der Waals surface area contributed by atoms with Crippen molar-refractivity contribution in [2.45, 2.75) is 33.4 Å². The minimum Gasteiger partial charge on any atom is -0.312 e. The van der Waals surface area contributed by atoms with E-state index < -0.39 is 0 Å². The number of halogens is 2. The lowest BCUT2D eigenvalue weighted by atomic mass is 10.1. The van der Waals surface area contributed by atoms with Crippen molar-refractivity contribution in [1.82, 2.24) is 20.1 Å². The highest BCUT2D eigenvalue weighted by atomic mass is 35.5. The van der Waals surface area contributed by atoms with Gasteiger partial charge in [0.2, 0.25) is 0 Å². The third-order valence-corrected chi connectivity index (χ3v) is 5.94. The standard InChI is InChI=1S/C24H24ClFN4O/c1-15-21(16(2)29-28-15)9-10-27-13-19-11-17-7-8-20(26)12-23(17)30(24(19)31)14-18-5-3-4-6-22(18)25/h3-8,11-12,27H,9-10,13-14H2,1-2H3,(H,28,29). The molecule has 0 fully saturated rings. The van der Waals surface area contributed by atoms with Crippen molar-refractivity contribution in [2.24, 2.45) is 0 Å². The van der Waals surface area contributed by atoms with Crippen molar-refractivity contribution in [3.8, 4) is 0 Å². The molecule has 160 valence electrons. The lowest BCUT2D eigenvalue weighted by Gasteiger charge is -2.15. The Bertz CT molecular complexity index is 1280. The fourth-order valence-electron chi connectivity index (χ4n) is 3.86. The average Bonchev–Trinajstić information content (AvgIpc) is 3.07. The van der Waals surface area contributed by atoms with Gasteiger partial charge in [-0.25, -0.2) is 4.39 Å². The van der Waals surface area contributed by atoms with Crippen LogP contribution in [0.15, 0.2) is 53.3 Å². The molecule has 0 aliphatic rings. The van der Waals surface area contributed by atoms with Gasteiger partial charge in [0.15, 0.2) is 0 Å². The number of benzene rings is 2. The molecular formula is C24H24ClFN4O. The predicted molar refractivity (Wildman–Crippen MR) is 122 cm³/mol. The Hall–Kier alpha value is -2.96. The third-order valence-electron chi connectivity index (χ3n) is 5.57. The summed E-state index contributed by atoms with van der Waals surface area (Å²) < 4.78 is 15.6. The van der Waals surface area contributed by atoms with E-state index in [-0.39, 0.29) is 17.9 Å². The molecule has 4 aromatic rings. The highest BCUT2D eigenvalue weighted by Gasteiger charge is 2.12. The van der Waals surface area contributed by atoms with E-state index in [9.17, 15) is 9.18 Å². The molecule has 0 saturated heterocycles. The maximum atomic E-state index is 14.0. The topological polar surface area (TPSA) is 62.7 Å². The number of nitrogens with one attached hydrogen (secondary N) is 2. The quantitative estimate of drug-likeness (QED) is 0.417. The molecule has 0 aliphatic heterocycles. The second kappa shape index (κ2) is 9.04. The lowest BCUT2D eigenvalue weighted by Crippen LogP contribution is -2.29. The first-order valence-electron chi connectivity index (χ1n) is 10.2. The highest BCUT2D eigenvalue weighted by Crippen LogP contribution is 2.20. The minimum absolute atomic E-state index is 0.152. The monoisotopic (exact) mass is 438 g/mol. The minimum atomic E-state index is -0.378. The van der Waals surface area contributed by atoms with Gasteiger partial charge in [-0.15, -0.1) is 0 Å². The summed E-state index contributed by atoms with van der Waals surface area (Å²) in [7, 11) is 0. The summed E-state index contributed by atoms with van der Waals surface area (Å²) in [6.45, 7) is 5.40. The Kier molecular flexibility index (Phi) is 6.20. The molecule has 31 heavy (non-hydrogen) atoms. The largest absolute Gasteiger partial charge is 0.312 e. The normalized spacial score (nSPS) is 11.4. The fourth-order valence-corrected chi connectivity index (χ4v) is 4.06. The number of H-pyrrole nitrogens is 1. The van der Waals surface area contributed by atoms with Crippen molar-refractivity contribution >= 4 is 22.5 Å². The molecule has 0 spiro atoms. The van der Waals surface area contributed by atoms with Crippen LogP contribution in [0.5, 0.6) is 0 Å². The van der Waals surface area contributed by atoms with Crippen LogP contribution in [0.25, 0.3) is 10.9 Å². The highest BCUT2D eigenvalue weighted by molar-refractivity contribution is 6.31. The van der Waals surface area contributed by atoms with Gasteiger partial charge in [0.1, 0.15) is 5.82 Å². The molecule has 4 rings (SSSR count). The van der Waals surface area contributed by atoms with E-state index >= 15 is 0 Å². The van der Waals surface area contributed by atoms with Crippen LogP contribution in [-0.2, 0) is 19.5 Å². The molecule has 0 aliphatic carbocycles. The van der Waals surface area contributed by atoms with Crippen LogP contribution in [0.4, 0.5) is 4.39 Å². The molecule has 2 aromatic heterocycles. The van der Waals surface area contributed by atoms with Crippen LogP contribution in [0.3, 0.4) is 0 Å². The number of nitrogens with zero attached hydrogens (tertiary/aromatic N) is 2. The van der Waals surface area contributed by atoms with Gasteiger partial charge >= 0.3 is 0 Å². The number of hydrogen-bond donors (Lipinski definition) is 2. The van der Waals surface area contributed by atoms with Crippen molar-refractivity contribution in [3.05, 3.63) is 97.8 Å². The van der Waals surface area contributed by atoms with Crippen molar-refractivity contribution < 1.29 is 4.39 Å². The number of aromatic amines is 1. The maximum absolute atomic E-state index is 14.0. The molecule has 0 saturated carbocycles. The van der Waals surface area contributed by atoms with E-state index in [0.29, 0.717) is 29.2 Å². The molecule has 0 amide bonds. The first-order valence-corrected chi connectivity index (χ1v) is 10.6. The van der Waals surface area contributed by atoms with E-state index in [1.54, 1.807) is 16.7 Å². The van der Waals surface area contributed by atoms with Gasteiger partial charge in [-0.1, -0.05) is 29.8 Å². The van der Waals surface area contributed by atoms with Crippen LogP contribution < -0.4 is 10.9 Å². The molecule has 0 atom stereocenters. The van der Waals surface area contributed by atoms with E-state index in [4.69, 9.17) is 11.6 Å². The van der Waals surface area contributed by atoms with Crippen molar-refractivity contribution in [3.63, 3.8) is 0 Å². The van der Waals surface area contributed by atoms with Crippen LogP contribution in [0, 0.1) is 19.7 Å². The van der Waals surface area contributed by atoms with E-state index in [2.05, 4.69) is 15.5 Å². The second-order valence-electron chi connectivity index (χ2n) is 7.69. The maximum Gasteiger partial charge on any atom is 0.255 e. The Labute approximate surface area is 184 Å². The Morgan fingerprint density at radius 3 is 2.68 bits per heavy atom. The first-order chi connectivity index (χ1) is 14.9. The Balaban J connectivity index is 1.61. The van der Waals surface area contributed by atoms with Crippen LogP contribution in [-0.4, -0.2) is 21.3 Å². The number of hydrogen-bond acceptors (Lipinski definition) is 3. The number of aryl methyl sites for hydroxylation is 2. The lowest BCUT2D eigenvalue weighted by molar-refractivity contribution is 0.627. The SMILES string of the molecule is Cc1n[nH]c(C)c1CCNCc1cc2ccc(F)cc2n(Cc2ccccc2Cl)c1=O. The van der Waals surface area contributed by atoms with Gasteiger partial charge in [0.25, 0.3) is 5.56 Å². The van der Waals surface area contributed by atoms with E-state index in [0.717, 1.165) is 28.8 Å². The number of pyridine rings is 1. The van der Waals surface area contributed by atoms with Crippen LogP contribution >= 0.6 is 11.6 Å². The van der Waals surface area contributed by atoms with Gasteiger partial charge in [0, 0.05) is 22.8 Å². The average molecular weight is 439 g/mol. The van der Waals surface area contributed by atoms with Crippen molar-refractivity contribution in [1.29, 1.82) is 0 Å². The van der Waals surface area contributed by atoms with E-state index in [1.165, 1.54) is 17.7 Å². The third kappa shape index (κ3) is 4.55. The molecular weight excluding hydrogens is 415 g/mol. The summed E-state index contributed by atoms with van der Waals surface area (Å²) in [5.74, 6) is -0.378. The fraction of sp³-hybridized carbons (Fsp3) is 0.250. The van der Waals surface area contributed by atoms with Gasteiger partial charge in [-0.3, -0.25) is 9.89 Å². The van der Waals surface area contributed by atoms with Crippen LogP contribution in [0.1, 0.15) is 28.1 Å². The molecule has 7 heteroatoms. The molecule has 2 heterocycles. The van der Waals surface area contributed by atoms with Gasteiger partial charge < -0.3 is 9.88 Å². The molecule has 2 aromatic carbocycles. The summed E-state index contributed by atoms with van der Waals surface area (Å²) in [6, 6.07) is 13.7. The molecule has 2 N–H and O–H groups in total. The molecule has 0 radical (unpaired) electrons. The summed E-state index contributed by atoms with van der Waals surface area (Å²) >= 11 is 6.32. The summed E-state index contributed by atoms with van der Waals surface area (Å²) in [6.07, 6.45) is 0.820. The smallest absolute Gasteiger partial charge is 0.255 e. The van der Waals surface area contributed by atoms with E-state index in [1.807, 2.05) is 38.1 Å². The van der Waals surface area contributed by atoms with Crippen LogP contribution in [0.2, 0.25) is 5.02 Å². The zero-order chi connectivity index (χ0) is 22.0. The Morgan fingerprint density at radius 1 is 1.13 bits per heavy atom. The van der Waals surface area contributed by atoms with Gasteiger partial charge in [-0.2, -0.15) is 5.10 Å². The summed E-state index contributed by atoms with van der Waals surface area (Å²) in [5, 5.41) is 12.0. The number of aromatic nitrogens is 3. The molecule has 0 bridgehead atoms. The summed E-state index contributed by atoms with van der Waals surface area (Å²) in [4.78, 5) is 13.3. The number of fused-ring (bicyclic) bond motifs is 1. The summed E-state index contributed by atoms with van der Waals surface area (Å²) in [5.41, 5.74) is 5.10. The van der Waals surface area contributed by atoms with Gasteiger partial charge in [0.05, 0.1) is 17.8 Å². The zero-order valence-electron chi connectivity index (χ0n) is 17.5. The predicted octanol–water partition coefficient (Wildman–Crippen LogP) is 4.51. The number of rotatable bonds is 7. The second-order valence-corrected chi connectivity index (χ2v) is 8.10. The first kappa shape index (κ1) is 21.3. The molecule has 5 nitrogen and oxygen atoms in total.